The van der Waals surface area contributed by atoms with Gasteiger partial charge < -0.3 is 25.8 Å². The van der Waals surface area contributed by atoms with E-state index in [0.29, 0.717) is 30.7 Å². The first-order chi connectivity index (χ1) is 16.9. The highest BCUT2D eigenvalue weighted by molar-refractivity contribution is 7.86. The van der Waals surface area contributed by atoms with E-state index in [1.165, 1.54) is 25.7 Å². The van der Waals surface area contributed by atoms with Gasteiger partial charge in [0.2, 0.25) is 17.3 Å². The van der Waals surface area contributed by atoms with Crippen molar-refractivity contribution in [3.63, 3.8) is 0 Å². The maximum absolute atomic E-state index is 13.1. The molecule has 2 saturated carbocycles. The fourth-order valence-corrected chi connectivity index (χ4v) is 6.59. The molecule has 11 nitrogen and oxygen atoms in total. The van der Waals surface area contributed by atoms with Crippen LogP contribution < -0.4 is 16.0 Å². The summed E-state index contributed by atoms with van der Waals surface area (Å²) < 4.78 is 38.1. The second-order valence-electron chi connectivity index (χ2n) is 11.2. The highest BCUT2D eigenvalue weighted by Crippen LogP contribution is 2.42. The van der Waals surface area contributed by atoms with Crippen molar-refractivity contribution in [1.29, 1.82) is 0 Å². The molecular formula is C24H41N3O8S. The van der Waals surface area contributed by atoms with Crippen LogP contribution >= 0.6 is 0 Å². The molecule has 206 valence electrons. The molecule has 2 bridgehead atoms. The van der Waals surface area contributed by atoms with Gasteiger partial charge in [0, 0.05) is 12.5 Å². The highest BCUT2D eigenvalue weighted by Gasteiger charge is 2.38. The fraction of sp³-hybridized carbons (Fsp3) is 0.875. The summed E-state index contributed by atoms with van der Waals surface area (Å²) in [5.41, 5.74) is -2.31. The third-order valence-corrected chi connectivity index (χ3v) is 8.61. The molecule has 2 aliphatic carbocycles. The molecule has 3 fully saturated rings. The Morgan fingerprint density at radius 3 is 2.33 bits per heavy atom. The standard InChI is InChI=1S/C24H41N3O8S/c1-14(2)8-19(27-24(31)35-13-17-10-15-4-3-5-16(9-15)11-17)22(29)26-20(23(30)36(32,33)34)12-18-6-7-25-21(18)28/h14-20,23,30H,3-13H2,1-2H3,(H,25,28)(H,26,29)(H,27,31)(H,32,33,34)/t15?,16?,17?,18-,19+,20+,23?/m1/s1. The van der Waals surface area contributed by atoms with Crippen LogP contribution in [0.3, 0.4) is 0 Å². The number of carbonyl (C=O) groups excluding carboxylic acids is 3. The number of rotatable bonds is 11. The second-order valence-corrected chi connectivity index (χ2v) is 12.7. The minimum atomic E-state index is -4.91. The van der Waals surface area contributed by atoms with Crippen molar-refractivity contribution in [3.8, 4) is 0 Å². The number of hydrogen-bond acceptors (Lipinski definition) is 7. The first-order valence-electron chi connectivity index (χ1n) is 13.1. The molecule has 0 aromatic heterocycles. The summed E-state index contributed by atoms with van der Waals surface area (Å²) in [6.07, 6.45) is 6.83. The van der Waals surface area contributed by atoms with E-state index in [-0.39, 0.29) is 31.3 Å². The van der Waals surface area contributed by atoms with Crippen molar-refractivity contribution in [3.05, 3.63) is 0 Å². The van der Waals surface area contributed by atoms with Crippen LogP contribution in [-0.4, -0.2) is 66.7 Å². The Balaban J connectivity index is 1.59. The van der Waals surface area contributed by atoms with Crippen molar-refractivity contribution < 1.29 is 37.2 Å². The van der Waals surface area contributed by atoms with E-state index in [0.717, 1.165) is 12.8 Å². The molecule has 0 spiro atoms. The minimum Gasteiger partial charge on any atom is -0.449 e. The van der Waals surface area contributed by atoms with Crippen molar-refractivity contribution in [2.45, 2.75) is 89.2 Å². The van der Waals surface area contributed by atoms with Crippen LogP contribution in [-0.2, 0) is 24.4 Å². The Morgan fingerprint density at radius 2 is 1.78 bits per heavy atom. The van der Waals surface area contributed by atoms with Crippen LogP contribution in [0.1, 0.15) is 71.6 Å². The van der Waals surface area contributed by atoms with Crippen LogP contribution in [0.5, 0.6) is 0 Å². The van der Waals surface area contributed by atoms with E-state index in [1.807, 2.05) is 13.8 Å². The first-order valence-corrected chi connectivity index (χ1v) is 14.6. The molecule has 1 aliphatic heterocycles. The zero-order chi connectivity index (χ0) is 26.5. The van der Waals surface area contributed by atoms with Gasteiger partial charge in [0.05, 0.1) is 12.6 Å². The maximum Gasteiger partial charge on any atom is 0.407 e. The summed E-state index contributed by atoms with van der Waals surface area (Å²) in [4.78, 5) is 37.6. The van der Waals surface area contributed by atoms with Gasteiger partial charge in [-0.3, -0.25) is 14.1 Å². The van der Waals surface area contributed by atoms with Crippen LogP contribution in [0.15, 0.2) is 0 Å². The molecule has 3 rings (SSSR count). The number of amides is 3. The lowest BCUT2D eigenvalue weighted by Gasteiger charge is -2.38. The molecule has 36 heavy (non-hydrogen) atoms. The second kappa shape index (κ2) is 12.6. The van der Waals surface area contributed by atoms with Gasteiger partial charge >= 0.3 is 6.09 Å². The van der Waals surface area contributed by atoms with Gasteiger partial charge in [0.25, 0.3) is 10.1 Å². The Kier molecular flexibility index (Phi) is 9.99. The molecule has 0 aromatic carbocycles. The van der Waals surface area contributed by atoms with Gasteiger partial charge in [-0.1, -0.05) is 33.1 Å². The lowest BCUT2D eigenvalue weighted by atomic mass is 9.68. The van der Waals surface area contributed by atoms with Crippen LogP contribution in [0, 0.1) is 29.6 Å². The molecule has 12 heteroatoms. The Bertz CT molecular complexity index is 884. The number of aliphatic hydroxyl groups is 1. The van der Waals surface area contributed by atoms with Crippen LogP contribution in [0.4, 0.5) is 4.79 Å². The van der Waals surface area contributed by atoms with Crippen molar-refractivity contribution in [2.24, 2.45) is 29.6 Å². The van der Waals surface area contributed by atoms with E-state index in [9.17, 15) is 32.5 Å². The number of ether oxygens (including phenoxy) is 1. The molecule has 0 aromatic rings. The normalized spacial score (nSPS) is 28.6. The monoisotopic (exact) mass is 531 g/mol. The summed E-state index contributed by atoms with van der Waals surface area (Å²) in [5, 5.41) is 17.8. The van der Waals surface area contributed by atoms with E-state index >= 15 is 0 Å². The van der Waals surface area contributed by atoms with Gasteiger partial charge in [-0.2, -0.15) is 8.42 Å². The number of aliphatic hydroxyl groups excluding tert-OH is 1. The zero-order valence-corrected chi connectivity index (χ0v) is 22.0. The number of hydrogen-bond donors (Lipinski definition) is 5. The molecule has 3 amide bonds. The minimum absolute atomic E-state index is 0.00401. The summed E-state index contributed by atoms with van der Waals surface area (Å²) in [6.45, 7) is 4.41. The summed E-state index contributed by atoms with van der Waals surface area (Å²) in [7, 11) is -4.91. The van der Waals surface area contributed by atoms with Crippen LogP contribution in [0.2, 0.25) is 0 Å². The first kappa shape index (κ1) is 28.6. The largest absolute Gasteiger partial charge is 0.449 e. The van der Waals surface area contributed by atoms with Gasteiger partial charge in [0.15, 0.2) is 0 Å². The predicted octanol–water partition coefficient (Wildman–Crippen LogP) is 1.56. The predicted molar refractivity (Wildman–Crippen MR) is 131 cm³/mol. The van der Waals surface area contributed by atoms with Gasteiger partial charge in [-0.05, 0) is 62.2 Å². The molecule has 5 N–H and O–H groups in total. The number of alkyl carbamates (subject to hydrolysis) is 1. The number of nitrogens with one attached hydrogen (secondary N) is 3. The molecule has 3 aliphatic rings. The number of carbonyl (C=O) groups is 3. The fourth-order valence-electron chi connectivity index (χ4n) is 6.00. The Hall–Kier alpha value is -1.92. The molecule has 3 unspecified atom stereocenters. The van der Waals surface area contributed by atoms with Crippen molar-refractivity contribution >= 4 is 28.0 Å². The molecule has 6 atom stereocenters. The molecule has 0 radical (unpaired) electrons. The maximum atomic E-state index is 13.1. The van der Waals surface area contributed by atoms with Crippen molar-refractivity contribution in [1.82, 2.24) is 16.0 Å². The third-order valence-electron chi connectivity index (χ3n) is 7.67. The van der Waals surface area contributed by atoms with E-state index in [4.69, 9.17) is 4.74 Å². The third kappa shape index (κ3) is 8.31. The summed E-state index contributed by atoms with van der Waals surface area (Å²) >= 11 is 0. The summed E-state index contributed by atoms with van der Waals surface area (Å²) in [6, 6.07) is -2.48. The van der Waals surface area contributed by atoms with Crippen LogP contribution in [0.25, 0.3) is 0 Å². The summed E-state index contributed by atoms with van der Waals surface area (Å²) in [5.74, 6) is 0.0445. The van der Waals surface area contributed by atoms with E-state index < -0.39 is 45.6 Å². The quantitative estimate of drug-likeness (QED) is 0.250. The molecule has 1 saturated heterocycles. The lowest BCUT2D eigenvalue weighted by Crippen LogP contribution is -2.55. The SMILES string of the molecule is CC(C)C[C@H](NC(=O)OCC1CC2CCCC(C2)C1)C(=O)N[C@@H](C[C@H]1CCNC1=O)C(O)S(=O)(=O)O. The lowest BCUT2D eigenvalue weighted by molar-refractivity contribution is -0.126. The molecule has 1 heterocycles. The van der Waals surface area contributed by atoms with Gasteiger partial charge in [-0.25, -0.2) is 4.79 Å². The Labute approximate surface area is 213 Å². The smallest absolute Gasteiger partial charge is 0.407 e. The Morgan fingerprint density at radius 1 is 1.11 bits per heavy atom. The zero-order valence-electron chi connectivity index (χ0n) is 21.1. The average Bonchev–Trinajstić information content (AvgIpc) is 3.19. The van der Waals surface area contributed by atoms with E-state index in [1.54, 1.807) is 0 Å². The van der Waals surface area contributed by atoms with Gasteiger partial charge in [0.1, 0.15) is 6.04 Å². The topological polar surface area (TPSA) is 171 Å². The highest BCUT2D eigenvalue weighted by atomic mass is 32.2. The van der Waals surface area contributed by atoms with E-state index in [2.05, 4.69) is 16.0 Å². The molecular weight excluding hydrogens is 490 g/mol. The van der Waals surface area contributed by atoms with Gasteiger partial charge in [-0.15, -0.1) is 0 Å². The number of fused-ring (bicyclic) bond motifs is 2. The van der Waals surface area contributed by atoms with Crippen molar-refractivity contribution in [2.75, 3.05) is 13.2 Å². The average molecular weight is 532 g/mol.